The Labute approximate surface area is 163 Å². The standard InChI is InChI=1S/C22H34N2OS/c1-19(26-18-20-14-10-9-11-15-20)22(25)24-23-21-16-12-7-5-3-2-4-6-8-13-17-21/h9-11,14-15,19H,2-8,12-13,16-18H2,1H3,(H,24,25)/t19-/m1/s1. The van der Waals surface area contributed by atoms with Gasteiger partial charge < -0.3 is 0 Å². The van der Waals surface area contributed by atoms with Gasteiger partial charge >= 0.3 is 0 Å². The Hall–Kier alpha value is -1.29. The number of hydrogen-bond acceptors (Lipinski definition) is 3. The second-order valence-electron chi connectivity index (χ2n) is 7.27. The number of hydrogen-bond donors (Lipinski definition) is 1. The normalized spacial score (nSPS) is 18.3. The molecule has 0 bridgehead atoms. The van der Waals surface area contributed by atoms with E-state index in [4.69, 9.17) is 0 Å². The lowest BCUT2D eigenvalue weighted by Gasteiger charge is -2.12. The van der Waals surface area contributed by atoms with Gasteiger partial charge in [0.2, 0.25) is 0 Å². The minimum Gasteiger partial charge on any atom is -0.272 e. The molecule has 1 aliphatic rings. The summed E-state index contributed by atoms with van der Waals surface area (Å²) in [5.41, 5.74) is 5.26. The minimum atomic E-state index is -0.0918. The van der Waals surface area contributed by atoms with Crippen LogP contribution in [0.25, 0.3) is 0 Å². The minimum absolute atomic E-state index is 0.0181. The molecule has 1 amide bonds. The number of carbonyl (C=O) groups excluding carboxylic acids is 1. The number of rotatable bonds is 5. The van der Waals surface area contributed by atoms with Gasteiger partial charge in [-0.05, 0) is 38.2 Å². The summed E-state index contributed by atoms with van der Waals surface area (Å²) >= 11 is 1.66. The van der Waals surface area contributed by atoms with Crippen molar-refractivity contribution in [1.29, 1.82) is 0 Å². The molecule has 0 spiro atoms. The molecule has 144 valence electrons. The Morgan fingerprint density at radius 1 is 0.962 bits per heavy atom. The van der Waals surface area contributed by atoms with E-state index in [0.29, 0.717) is 0 Å². The van der Waals surface area contributed by atoms with Gasteiger partial charge in [-0.1, -0.05) is 75.3 Å². The molecule has 0 unspecified atom stereocenters. The first-order valence-corrected chi connectivity index (χ1v) is 11.3. The van der Waals surface area contributed by atoms with Crippen molar-refractivity contribution in [3.8, 4) is 0 Å². The first-order chi connectivity index (χ1) is 12.8. The van der Waals surface area contributed by atoms with Gasteiger partial charge in [-0.3, -0.25) is 4.79 Å². The van der Waals surface area contributed by atoms with Gasteiger partial charge in [-0.2, -0.15) is 5.10 Å². The quantitative estimate of drug-likeness (QED) is 0.634. The van der Waals surface area contributed by atoms with Gasteiger partial charge in [-0.15, -0.1) is 11.8 Å². The summed E-state index contributed by atoms with van der Waals surface area (Å²) in [6.07, 6.45) is 13.9. The van der Waals surface area contributed by atoms with Gasteiger partial charge in [-0.25, -0.2) is 5.43 Å². The van der Waals surface area contributed by atoms with Gasteiger partial charge in [0, 0.05) is 11.5 Å². The fraction of sp³-hybridized carbons (Fsp3) is 0.636. The zero-order valence-corrected chi connectivity index (χ0v) is 17.0. The van der Waals surface area contributed by atoms with E-state index in [2.05, 4.69) is 22.7 Å². The average Bonchev–Trinajstić information content (AvgIpc) is 2.66. The highest BCUT2D eigenvalue weighted by atomic mass is 32.2. The number of benzene rings is 1. The monoisotopic (exact) mass is 374 g/mol. The Morgan fingerprint density at radius 2 is 1.50 bits per heavy atom. The molecule has 1 aromatic carbocycles. The predicted molar refractivity (Wildman–Crippen MR) is 114 cm³/mol. The summed E-state index contributed by atoms with van der Waals surface area (Å²) in [6, 6.07) is 10.3. The highest BCUT2D eigenvalue weighted by Crippen LogP contribution is 2.18. The van der Waals surface area contributed by atoms with Crippen LogP contribution in [0.4, 0.5) is 0 Å². The van der Waals surface area contributed by atoms with Crippen LogP contribution in [0.15, 0.2) is 35.4 Å². The Bertz CT molecular complexity index is 530. The third-order valence-electron chi connectivity index (χ3n) is 4.97. The molecule has 0 heterocycles. The summed E-state index contributed by atoms with van der Waals surface area (Å²) in [5, 5.41) is 4.40. The third kappa shape index (κ3) is 8.88. The second-order valence-corrected chi connectivity index (χ2v) is 8.60. The van der Waals surface area contributed by atoms with Crippen LogP contribution >= 0.6 is 11.8 Å². The molecule has 2 rings (SSSR count). The lowest BCUT2D eigenvalue weighted by atomic mass is 10.00. The molecule has 1 atom stereocenters. The van der Waals surface area contributed by atoms with Gasteiger partial charge in [0.1, 0.15) is 0 Å². The van der Waals surface area contributed by atoms with E-state index in [-0.39, 0.29) is 11.2 Å². The molecule has 0 saturated heterocycles. The SMILES string of the molecule is C[C@@H](SCc1ccccc1)C(=O)NN=C1CCCCCCCCCCC1. The Balaban J connectivity index is 1.76. The van der Waals surface area contributed by atoms with Gasteiger partial charge in [0.15, 0.2) is 0 Å². The van der Waals surface area contributed by atoms with E-state index in [9.17, 15) is 4.79 Å². The number of carbonyl (C=O) groups is 1. The second kappa shape index (κ2) is 13.0. The molecular formula is C22H34N2OS. The Morgan fingerprint density at radius 3 is 2.08 bits per heavy atom. The smallest absolute Gasteiger partial charge is 0.252 e. The number of nitrogens with one attached hydrogen (secondary N) is 1. The number of nitrogens with zero attached hydrogens (tertiary/aromatic N) is 1. The van der Waals surface area contributed by atoms with Crippen molar-refractivity contribution in [2.75, 3.05) is 0 Å². The van der Waals surface area contributed by atoms with E-state index >= 15 is 0 Å². The number of hydrazone groups is 1. The number of thioether (sulfide) groups is 1. The first kappa shape index (κ1) is 21.0. The molecule has 1 N–H and O–H groups in total. The molecule has 0 radical (unpaired) electrons. The molecule has 1 saturated carbocycles. The van der Waals surface area contributed by atoms with E-state index < -0.39 is 0 Å². The summed E-state index contributed by atoms with van der Waals surface area (Å²) in [6.45, 7) is 1.96. The van der Waals surface area contributed by atoms with Crippen LogP contribution in [0.2, 0.25) is 0 Å². The van der Waals surface area contributed by atoms with Crippen molar-refractivity contribution >= 4 is 23.4 Å². The Kier molecular flexibility index (Phi) is 10.5. The molecule has 0 aliphatic heterocycles. The van der Waals surface area contributed by atoms with Crippen LogP contribution < -0.4 is 5.43 Å². The van der Waals surface area contributed by atoms with Crippen molar-refractivity contribution < 1.29 is 4.79 Å². The van der Waals surface area contributed by atoms with Gasteiger partial charge in [0.05, 0.1) is 5.25 Å². The van der Waals surface area contributed by atoms with Crippen LogP contribution in [0.3, 0.4) is 0 Å². The van der Waals surface area contributed by atoms with Crippen LogP contribution in [0, 0.1) is 0 Å². The average molecular weight is 375 g/mol. The fourth-order valence-electron chi connectivity index (χ4n) is 3.23. The van der Waals surface area contributed by atoms with Gasteiger partial charge in [0.25, 0.3) is 5.91 Å². The molecular weight excluding hydrogens is 340 g/mol. The summed E-state index contributed by atoms with van der Waals surface area (Å²) in [7, 11) is 0. The maximum absolute atomic E-state index is 12.3. The van der Waals surface area contributed by atoms with Crippen LogP contribution in [0.5, 0.6) is 0 Å². The molecule has 1 fully saturated rings. The summed E-state index contributed by atoms with van der Waals surface area (Å²) < 4.78 is 0. The summed E-state index contributed by atoms with van der Waals surface area (Å²) in [5.74, 6) is 0.871. The molecule has 26 heavy (non-hydrogen) atoms. The van der Waals surface area contributed by atoms with E-state index in [1.165, 1.54) is 69.1 Å². The van der Waals surface area contributed by atoms with Crippen molar-refractivity contribution in [3.63, 3.8) is 0 Å². The molecule has 4 heteroatoms. The highest BCUT2D eigenvalue weighted by Gasteiger charge is 2.13. The molecule has 3 nitrogen and oxygen atoms in total. The van der Waals surface area contributed by atoms with E-state index in [0.717, 1.165) is 18.6 Å². The molecule has 1 aromatic rings. The zero-order chi connectivity index (χ0) is 18.5. The van der Waals surface area contributed by atoms with Crippen LogP contribution in [0.1, 0.15) is 83.1 Å². The van der Waals surface area contributed by atoms with Crippen molar-refractivity contribution in [2.45, 2.75) is 88.6 Å². The van der Waals surface area contributed by atoms with Crippen LogP contribution in [-0.2, 0) is 10.5 Å². The predicted octanol–water partition coefficient (Wildman–Crippen LogP) is 6.09. The topological polar surface area (TPSA) is 41.5 Å². The van der Waals surface area contributed by atoms with E-state index in [1.54, 1.807) is 11.8 Å². The maximum Gasteiger partial charge on any atom is 0.252 e. The van der Waals surface area contributed by atoms with Crippen LogP contribution in [-0.4, -0.2) is 16.9 Å². The van der Waals surface area contributed by atoms with E-state index in [1.807, 2.05) is 25.1 Å². The zero-order valence-electron chi connectivity index (χ0n) is 16.2. The largest absolute Gasteiger partial charge is 0.272 e. The lowest BCUT2D eigenvalue weighted by molar-refractivity contribution is -0.120. The first-order valence-electron chi connectivity index (χ1n) is 10.3. The third-order valence-corrected chi connectivity index (χ3v) is 6.18. The van der Waals surface area contributed by atoms with Crippen molar-refractivity contribution in [1.82, 2.24) is 5.43 Å². The highest BCUT2D eigenvalue weighted by molar-refractivity contribution is 7.99. The molecule has 1 aliphatic carbocycles. The lowest BCUT2D eigenvalue weighted by Crippen LogP contribution is -2.28. The summed E-state index contributed by atoms with van der Waals surface area (Å²) in [4.78, 5) is 12.3. The van der Waals surface area contributed by atoms with Crippen molar-refractivity contribution in [3.05, 3.63) is 35.9 Å². The van der Waals surface area contributed by atoms with Crippen molar-refractivity contribution in [2.24, 2.45) is 5.10 Å². The number of amides is 1. The molecule has 0 aromatic heterocycles. The maximum atomic E-state index is 12.3. The fourth-order valence-corrected chi connectivity index (χ4v) is 4.07.